The van der Waals surface area contributed by atoms with Crippen LogP contribution < -0.4 is 0 Å². The summed E-state index contributed by atoms with van der Waals surface area (Å²) in [7, 11) is 0. The van der Waals surface area contributed by atoms with Crippen molar-refractivity contribution in [3.8, 4) is 10.6 Å². The highest BCUT2D eigenvalue weighted by molar-refractivity contribution is 7.21. The zero-order valence-corrected chi connectivity index (χ0v) is 11.8. The quantitative estimate of drug-likeness (QED) is 0.678. The van der Waals surface area contributed by atoms with E-state index in [1.165, 1.54) is 23.6 Å². The predicted octanol–water partition coefficient (Wildman–Crippen LogP) is 4.28. The lowest BCUT2D eigenvalue weighted by molar-refractivity contribution is 0.0128. The van der Waals surface area contributed by atoms with Gasteiger partial charge in [0.25, 0.3) is 5.92 Å². The Hall–Kier alpha value is -2.21. The Morgan fingerprint density at radius 3 is 2.67 bits per heavy atom. The molecule has 0 fully saturated rings. The molecule has 0 aliphatic carbocycles. The molecule has 106 valence electrons. The van der Waals surface area contributed by atoms with Gasteiger partial charge in [-0.2, -0.15) is 8.78 Å². The van der Waals surface area contributed by atoms with Crippen molar-refractivity contribution in [2.45, 2.75) is 12.8 Å². The van der Waals surface area contributed by atoms with Crippen LogP contribution in [0.25, 0.3) is 20.8 Å². The van der Waals surface area contributed by atoms with Gasteiger partial charge in [-0.3, -0.25) is 9.78 Å². The lowest BCUT2D eigenvalue weighted by Gasteiger charge is -2.08. The average Bonchev–Trinajstić information content (AvgIpc) is 2.89. The van der Waals surface area contributed by atoms with Crippen molar-refractivity contribution in [3.05, 3.63) is 47.8 Å². The van der Waals surface area contributed by atoms with Crippen molar-refractivity contribution < 1.29 is 13.6 Å². The summed E-state index contributed by atoms with van der Waals surface area (Å²) in [5.41, 5.74) is 1.76. The summed E-state index contributed by atoms with van der Waals surface area (Å²) in [5, 5.41) is 0.687. The first-order valence-electron chi connectivity index (χ1n) is 6.18. The second-order valence-electron chi connectivity index (χ2n) is 4.68. The first kappa shape index (κ1) is 13.8. The van der Waals surface area contributed by atoms with E-state index in [4.69, 9.17) is 0 Å². The molecule has 0 radical (unpaired) electrons. The van der Waals surface area contributed by atoms with Gasteiger partial charge in [0.2, 0.25) is 0 Å². The summed E-state index contributed by atoms with van der Waals surface area (Å²) in [5.74, 6) is -2.95. The number of rotatable bonds is 3. The fourth-order valence-electron chi connectivity index (χ4n) is 1.92. The SMILES string of the molecule is CC(F)(F)c1ccc(-c2nc3ccc(C=O)cc3s2)cn1. The molecule has 0 aliphatic rings. The number of thiazole rings is 1. The van der Waals surface area contributed by atoms with Gasteiger partial charge < -0.3 is 0 Å². The topological polar surface area (TPSA) is 42.9 Å². The van der Waals surface area contributed by atoms with Crippen LogP contribution in [0.4, 0.5) is 8.78 Å². The zero-order valence-electron chi connectivity index (χ0n) is 11.0. The first-order chi connectivity index (χ1) is 9.97. The summed E-state index contributed by atoms with van der Waals surface area (Å²) in [6, 6.07) is 8.10. The monoisotopic (exact) mass is 304 g/mol. The molecule has 21 heavy (non-hydrogen) atoms. The van der Waals surface area contributed by atoms with E-state index >= 15 is 0 Å². The number of carbonyl (C=O) groups excluding carboxylic acids is 1. The molecule has 0 N–H and O–H groups in total. The van der Waals surface area contributed by atoms with Crippen LogP contribution >= 0.6 is 11.3 Å². The van der Waals surface area contributed by atoms with Crippen LogP contribution in [-0.4, -0.2) is 16.3 Å². The van der Waals surface area contributed by atoms with Crippen LogP contribution in [0.3, 0.4) is 0 Å². The van der Waals surface area contributed by atoms with Crippen LogP contribution in [0.2, 0.25) is 0 Å². The Bertz CT molecular complexity index is 807. The van der Waals surface area contributed by atoms with E-state index < -0.39 is 5.92 Å². The number of fused-ring (bicyclic) bond motifs is 1. The van der Waals surface area contributed by atoms with Gasteiger partial charge in [-0.15, -0.1) is 11.3 Å². The Morgan fingerprint density at radius 2 is 2.05 bits per heavy atom. The van der Waals surface area contributed by atoms with Gasteiger partial charge in [0.05, 0.1) is 10.2 Å². The summed E-state index contributed by atoms with van der Waals surface area (Å²) in [6.45, 7) is 0.813. The van der Waals surface area contributed by atoms with Gasteiger partial charge in [-0.05, 0) is 30.3 Å². The molecule has 6 heteroatoms. The summed E-state index contributed by atoms with van der Waals surface area (Å²) < 4.78 is 27.1. The number of aldehydes is 1. The Balaban J connectivity index is 2.02. The summed E-state index contributed by atoms with van der Waals surface area (Å²) >= 11 is 1.40. The number of halogens is 2. The molecule has 0 amide bonds. The van der Waals surface area contributed by atoms with E-state index in [1.54, 1.807) is 24.3 Å². The minimum atomic E-state index is -2.95. The fourth-order valence-corrected chi connectivity index (χ4v) is 2.92. The maximum atomic E-state index is 13.1. The maximum absolute atomic E-state index is 13.1. The molecule has 0 unspecified atom stereocenters. The van der Waals surface area contributed by atoms with E-state index in [1.807, 2.05) is 0 Å². The summed E-state index contributed by atoms with van der Waals surface area (Å²) in [4.78, 5) is 19.0. The van der Waals surface area contributed by atoms with Crippen molar-refractivity contribution >= 4 is 27.8 Å². The second-order valence-corrected chi connectivity index (χ2v) is 5.72. The minimum absolute atomic E-state index is 0.268. The normalized spacial score (nSPS) is 11.8. The smallest absolute Gasteiger partial charge is 0.286 e. The lowest BCUT2D eigenvalue weighted by Crippen LogP contribution is -2.09. The summed E-state index contributed by atoms with van der Waals surface area (Å²) in [6.07, 6.45) is 2.17. The molecule has 2 aromatic heterocycles. The number of hydrogen-bond donors (Lipinski definition) is 0. The largest absolute Gasteiger partial charge is 0.298 e. The maximum Gasteiger partial charge on any atom is 0.286 e. The van der Waals surface area contributed by atoms with E-state index in [0.29, 0.717) is 16.1 Å². The average molecular weight is 304 g/mol. The van der Waals surface area contributed by atoms with Gasteiger partial charge in [0, 0.05) is 24.2 Å². The van der Waals surface area contributed by atoms with E-state index in [0.717, 1.165) is 23.4 Å². The number of alkyl halides is 2. The van der Waals surface area contributed by atoms with Crippen molar-refractivity contribution in [2.75, 3.05) is 0 Å². The van der Waals surface area contributed by atoms with Crippen LogP contribution in [-0.2, 0) is 5.92 Å². The number of carbonyl (C=O) groups is 1. The highest BCUT2D eigenvalue weighted by atomic mass is 32.1. The molecular formula is C15H10F2N2OS. The Morgan fingerprint density at radius 1 is 1.24 bits per heavy atom. The predicted molar refractivity (Wildman–Crippen MR) is 77.8 cm³/mol. The number of benzene rings is 1. The van der Waals surface area contributed by atoms with E-state index in [-0.39, 0.29) is 5.69 Å². The van der Waals surface area contributed by atoms with Crippen LogP contribution in [0.5, 0.6) is 0 Å². The van der Waals surface area contributed by atoms with Gasteiger partial charge in [0.1, 0.15) is 17.0 Å². The van der Waals surface area contributed by atoms with E-state index in [9.17, 15) is 13.6 Å². The van der Waals surface area contributed by atoms with Crippen LogP contribution in [0.15, 0.2) is 36.5 Å². The molecule has 0 saturated heterocycles. The van der Waals surface area contributed by atoms with Crippen LogP contribution in [0.1, 0.15) is 23.0 Å². The van der Waals surface area contributed by atoms with Crippen LogP contribution in [0, 0.1) is 0 Å². The van der Waals surface area contributed by atoms with Gasteiger partial charge in [0.15, 0.2) is 0 Å². The third kappa shape index (κ3) is 2.67. The molecule has 0 spiro atoms. The molecule has 3 rings (SSSR count). The van der Waals surface area contributed by atoms with Gasteiger partial charge in [-0.1, -0.05) is 0 Å². The zero-order chi connectivity index (χ0) is 15.0. The molecule has 0 atom stereocenters. The second kappa shape index (κ2) is 4.96. The van der Waals surface area contributed by atoms with Crippen molar-refractivity contribution in [1.82, 2.24) is 9.97 Å². The molecule has 1 aromatic carbocycles. The molecule has 0 bridgehead atoms. The first-order valence-corrected chi connectivity index (χ1v) is 6.99. The van der Waals surface area contributed by atoms with Crippen molar-refractivity contribution in [3.63, 3.8) is 0 Å². The molecule has 0 aliphatic heterocycles. The number of hydrogen-bond acceptors (Lipinski definition) is 4. The van der Waals surface area contributed by atoms with Crippen molar-refractivity contribution in [2.24, 2.45) is 0 Å². The number of nitrogens with zero attached hydrogens (tertiary/aromatic N) is 2. The van der Waals surface area contributed by atoms with Crippen molar-refractivity contribution in [1.29, 1.82) is 0 Å². The molecule has 3 aromatic rings. The standard InChI is InChI=1S/C15H10F2N2OS/c1-15(16,17)13-5-3-10(7-18-13)14-19-11-4-2-9(8-20)6-12(11)21-14/h2-8H,1H3. The lowest BCUT2D eigenvalue weighted by atomic mass is 10.2. The number of aromatic nitrogens is 2. The fraction of sp³-hybridized carbons (Fsp3) is 0.133. The third-order valence-corrected chi connectivity index (χ3v) is 4.08. The Kier molecular flexibility index (Phi) is 3.25. The minimum Gasteiger partial charge on any atom is -0.298 e. The highest BCUT2D eigenvalue weighted by Crippen LogP contribution is 2.32. The van der Waals surface area contributed by atoms with Gasteiger partial charge >= 0.3 is 0 Å². The molecule has 2 heterocycles. The molecule has 3 nitrogen and oxygen atoms in total. The third-order valence-electron chi connectivity index (χ3n) is 3.01. The van der Waals surface area contributed by atoms with E-state index in [2.05, 4.69) is 9.97 Å². The highest BCUT2D eigenvalue weighted by Gasteiger charge is 2.25. The molecule has 0 saturated carbocycles. The van der Waals surface area contributed by atoms with Gasteiger partial charge in [-0.25, -0.2) is 4.98 Å². The Labute approximate surface area is 123 Å². The number of pyridine rings is 1. The molecular weight excluding hydrogens is 294 g/mol.